The molecule has 0 atom stereocenters. The summed E-state index contributed by atoms with van der Waals surface area (Å²) < 4.78 is 0.252. The summed E-state index contributed by atoms with van der Waals surface area (Å²) >= 11 is 0. The molecule has 0 saturated heterocycles. The Kier molecular flexibility index (Phi) is 4.24. The van der Waals surface area contributed by atoms with E-state index in [0.717, 1.165) is 0 Å². The second-order valence-corrected chi connectivity index (χ2v) is 4.89. The van der Waals surface area contributed by atoms with Gasteiger partial charge in [-0.3, -0.25) is 4.48 Å². The van der Waals surface area contributed by atoms with E-state index in [2.05, 4.69) is 29.2 Å². The van der Waals surface area contributed by atoms with E-state index in [1.807, 2.05) is 0 Å². The van der Waals surface area contributed by atoms with Crippen molar-refractivity contribution in [1.29, 1.82) is 0 Å². The van der Waals surface area contributed by atoms with Gasteiger partial charge in [-0.15, -0.1) is 0 Å². The summed E-state index contributed by atoms with van der Waals surface area (Å²) in [5, 5.41) is 41.8. The van der Waals surface area contributed by atoms with Gasteiger partial charge >= 0.3 is 0 Å². The number of rotatable bonds is 0. The van der Waals surface area contributed by atoms with Gasteiger partial charge in [0, 0.05) is 19.0 Å². The van der Waals surface area contributed by atoms with Gasteiger partial charge in [-0.25, -0.2) is 0 Å². The van der Waals surface area contributed by atoms with Gasteiger partial charge in [0.1, 0.15) is 17.2 Å². The highest BCUT2D eigenvalue weighted by atomic mass is 16.3. The summed E-state index contributed by atoms with van der Waals surface area (Å²) in [5.41, 5.74) is -0.520. The number of quaternary nitrogens is 1. The maximum atomic E-state index is 9.86. The predicted octanol–water partition coefficient (Wildman–Crippen LogP) is 0.0526. The first kappa shape index (κ1) is 15.4. The van der Waals surface area contributed by atoms with Gasteiger partial charge in [-0.05, 0) is 5.92 Å². The van der Waals surface area contributed by atoms with E-state index < -0.39 is 23.0 Å². The monoisotopic (exact) mass is 277 g/mol. The van der Waals surface area contributed by atoms with Crippen LogP contribution in [-0.2, 0) is 0 Å². The van der Waals surface area contributed by atoms with E-state index in [1.54, 1.807) is 28.2 Å². The largest absolute Gasteiger partial charge is 0.503 e. The van der Waals surface area contributed by atoms with Crippen LogP contribution in [0.1, 0.15) is 11.1 Å². The molecular formula is C14H17N2O4+. The lowest BCUT2D eigenvalue weighted by Gasteiger charge is -2.13. The third kappa shape index (κ3) is 3.19. The summed E-state index contributed by atoms with van der Waals surface area (Å²) in [6, 6.07) is 5.13. The second-order valence-electron chi connectivity index (χ2n) is 4.89. The van der Waals surface area contributed by atoms with Crippen molar-refractivity contribution in [1.82, 2.24) is 5.32 Å². The molecule has 6 nitrogen and oxygen atoms in total. The molecule has 0 saturated carbocycles. The molecule has 0 amide bonds. The van der Waals surface area contributed by atoms with Gasteiger partial charge in [-0.1, -0.05) is 0 Å². The van der Waals surface area contributed by atoms with Crippen molar-refractivity contribution in [3.05, 3.63) is 11.1 Å². The number of nitrogens with one attached hydrogen (secondary N) is 1. The average Bonchev–Trinajstić information content (AvgIpc) is 2.35. The molecule has 6 heteroatoms. The standard InChI is InChI=1S/C14H16N2O4/c1-15-7-5-9-11(17)13(19)10(14(20)12(9)18)6-8-16(2,3)4/h15H,1-4H3,(H3-,17,18,19,20)/p+1. The minimum atomic E-state index is -0.631. The molecule has 20 heavy (non-hydrogen) atoms. The first-order valence-electron chi connectivity index (χ1n) is 5.71. The molecule has 1 rings (SSSR count). The predicted molar refractivity (Wildman–Crippen MR) is 73.9 cm³/mol. The van der Waals surface area contributed by atoms with E-state index in [4.69, 9.17) is 0 Å². The zero-order valence-electron chi connectivity index (χ0n) is 11.7. The van der Waals surface area contributed by atoms with Crippen molar-refractivity contribution < 1.29 is 24.9 Å². The molecule has 5 N–H and O–H groups in total. The fourth-order valence-corrected chi connectivity index (χ4v) is 1.28. The molecule has 106 valence electrons. The van der Waals surface area contributed by atoms with Gasteiger partial charge in [0.25, 0.3) is 0 Å². The van der Waals surface area contributed by atoms with Gasteiger partial charge < -0.3 is 25.7 Å². The van der Waals surface area contributed by atoms with Gasteiger partial charge in [-0.2, -0.15) is 0 Å². The minimum absolute atomic E-state index is 0.247. The van der Waals surface area contributed by atoms with Crippen molar-refractivity contribution in [2.75, 3.05) is 28.2 Å². The fraction of sp³-hybridized carbons (Fsp3) is 0.286. The molecule has 0 aliphatic rings. The molecule has 0 unspecified atom stereocenters. The quantitative estimate of drug-likeness (QED) is 0.152. The summed E-state index contributed by atoms with van der Waals surface area (Å²) in [6.45, 7) is 0. The van der Waals surface area contributed by atoms with Crippen molar-refractivity contribution >= 4 is 0 Å². The lowest BCUT2D eigenvalue weighted by molar-refractivity contribution is -0.800. The van der Waals surface area contributed by atoms with Gasteiger partial charge in [0.15, 0.2) is 23.0 Å². The van der Waals surface area contributed by atoms with E-state index in [-0.39, 0.29) is 15.6 Å². The Bertz CT molecular complexity index is 623. The van der Waals surface area contributed by atoms with Crippen LogP contribution in [0.4, 0.5) is 0 Å². The van der Waals surface area contributed by atoms with Crippen molar-refractivity contribution in [3.63, 3.8) is 0 Å². The lowest BCUT2D eigenvalue weighted by Crippen LogP contribution is -2.27. The van der Waals surface area contributed by atoms with Crippen LogP contribution in [0.5, 0.6) is 23.0 Å². The molecule has 0 spiro atoms. The van der Waals surface area contributed by atoms with Crippen molar-refractivity contribution in [2.24, 2.45) is 0 Å². The van der Waals surface area contributed by atoms with Gasteiger partial charge in [0.05, 0.1) is 21.1 Å². The molecule has 0 bridgehead atoms. The van der Waals surface area contributed by atoms with E-state index in [0.29, 0.717) is 0 Å². The lowest BCUT2D eigenvalue weighted by atomic mass is 10.1. The van der Waals surface area contributed by atoms with E-state index >= 15 is 0 Å². The normalized spacial score (nSPS) is 10.0. The van der Waals surface area contributed by atoms with Crippen LogP contribution in [0.15, 0.2) is 0 Å². The van der Waals surface area contributed by atoms with Crippen LogP contribution in [0, 0.1) is 23.9 Å². The van der Waals surface area contributed by atoms with Crippen molar-refractivity contribution in [3.8, 4) is 46.9 Å². The summed E-state index contributed by atoms with van der Waals surface area (Å²) in [7, 11) is 6.90. The van der Waals surface area contributed by atoms with Crippen LogP contribution in [0.2, 0.25) is 0 Å². The van der Waals surface area contributed by atoms with Gasteiger partial charge in [0.2, 0.25) is 0 Å². The SMILES string of the molecule is CNC#Cc1c(O)c(O)c(C#C[N+](C)(C)C)c(O)c1O. The van der Waals surface area contributed by atoms with Crippen molar-refractivity contribution in [2.45, 2.75) is 0 Å². The first-order chi connectivity index (χ1) is 9.19. The summed E-state index contributed by atoms with van der Waals surface area (Å²) in [4.78, 5) is 0. The molecule has 1 aromatic carbocycles. The zero-order chi connectivity index (χ0) is 15.5. The molecule has 0 radical (unpaired) electrons. The van der Waals surface area contributed by atoms with Crippen LogP contribution >= 0.6 is 0 Å². The van der Waals surface area contributed by atoms with E-state index in [1.165, 1.54) is 0 Å². The number of nitrogens with zero attached hydrogens (tertiary/aromatic N) is 1. The zero-order valence-corrected chi connectivity index (χ0v) is 11.7. The molecule has 0 heterocycles. The third-order valence-corrected chi connectivity index (χ3v) is 2.22. The Morgan fingerprint density at radius 2 is 1.20 bits per heavy atom. The minimum Gasteiger partial charge on any atom is -0.503 e. The Balaban J connectivity index is 3.55. The number of hydrogen-bond donors (Lipinski definition) is 5. The highest BCUT2D eigenvalue weighted by Crippen LogP contribution is 2.45. The first-order valence-corrected chi connectivity index (χ1v) is 5.71. The van der Waals surface area contributed by atoms with Crippen LogP contribution in [-0.4, -0.2) is 53.1 Å². The molecule has 0 fully saturated rings. The summed E-state index contributed by atoms with van der Waals surface area (Å²) in [6.07, 6.45) is 0. The second kappa shape index (κ2) is 5.52. The molecule has 0 aliphatic heterocycles. The smallest absolute Gasteiger partial charge is 0.179 e. The summed E-state index contributed by atoms with van der Waals surface area (Å²) in [5.74, 6) is 2.39. The Labute approximate surface area is 117 Å². The molecule has 0 aliphatic carbocycles. The number of phenolic OH excluding ortho intramolecular Hbond substituents is 4. The average molecular weight is 277 g/mol. The van der Waals surface area contributed by atoms with E-state index in [9.17, 15) is 20.4 Å². The molecular weight excluding hydrogens is 260 g/mol. The Hall–Kier alpha value is -2.70. The Morgan fingerprint density at radius 3 is 1.55 bits per heavy atom. The van der Waals surface area contributed by atoms with Crippen LogP contribution in [0.25, 0.3) is 0 Å². The fourth-order valence-electron chi connectivity index (χ4n) is 1.28. The van der Waals surface area contributed by atoms with Crippen LogP contribution < -0.4 is 5.32 Å². The number of benzene rings is 1. The van der Waals surface area contributed by atoms with Crippen LogP contribution in [0.3, 0.4) is 0 Å². The highest BCUT2D eigenvalue weighted by Gasteiger charge is 2.22. The Morgan fingerprint density at radius 1 is 0.800 bits per heavy atom. The third-order valence-electron chi connectivity index (χ3n) is 2.22. The maximum Gasteiger partial charge on any atom is 0.179 e. The topological polar surface area (TPSA) is 93.0 Å². The number of phenols is 4. The number of aromatic hydroxyl groups is 4. The number of hydrogen-bond acceptors (Lipinski definition) is 5. The highest BCUT2D eigenvalue weighted by molar-refractivity contribution is 5.72. The maximum absolute atomic E-state index is 9.86. The molecule has 1 aromatic rings. The molecule has 0 aromatic heterocycles.